The van der Waals surface area contributed by atoms with Crippen LogP contribution in [-0.2, 0) is 12.4 Å². The van der Waals surface area contributed by atoms with E-state index in [0.29, 0.717) is 28.1 Å². The first-order valence-electron chi connectivity index (χ1n) is 8.29. The number of rotatable bonds is 7. The van der Waals surface area contributed by atoms with E-state index in [2.05, 4.69) is 9.97 Å². The van der Waals surface area contributed by atoms with E-state index in [1.54, 1.807) is 37.4 Å². The second kappa shape index (κ2) is 9.06. The minimum absolute atomic E-state index is 0.0649. The van der Waals surface area contributed by atoms with Crippen molar-refractivity contribution < 1.29 is 13.9 Å². The lowest BCUT2D eigenvalue weighted by Crippen LogP contribution is -2.08. The zero-order chi connectivity index (χ0) is 19.9. The molecule has 0 spiro atoms. The summed E-state index contributed by atoms with van der Waals surface area (Å²) in [4.78, 5) is 8.56. The molecule has 2 N–H and O–H groups in total. The normalized spacial score (nSPS) is 10.3. The fourth-order valence-electron chi connectivity index (χ4n) is 2.39. The van der Waals surface area contributed by atoms with Gasteiger partial charge >= 0.3 is 0 Å². The van der Waals surface area contributed by atoms with Gasteiger partial charge in [0.2, 0.25) is 0 Å². The van der Waals surface area contributed by atoms with E-state index in [4.69, 9.17) is 15.2 Å². The fourth-order valence-corrected chi connectivity index (χ4v) is 3.21. The van der Waals surface area contributed by atoms with Gasteiger partial charge in [0.15, 0.2) is 5.16 Å². The molecule has 0 aliphatic carbocycles. The summed E-state index contributed by atoms with van der Waals surface area (Å²) in [5.41, 5.74) is 7.29. The van der Waals surface area contributed by atoms with Crippen LogP contribution in [0.5, 0.6) is 11.5 Å². The van der Waals surface area contributed by atoms with Crippen LogP contribution in [0.4, 0.5) is 10.2 Å². The number of methoxy groups -OCH3 is 1. The van der Waals surface area contributed by atoms with E-state index in [1.807, 2.05) is 12.1 Å². The summed E-state index contributed by atoms with van der Waals surface area (Å²) in [6, 6.07) is 15.4. The number of nitrogens with two attached hydrogens (primary N) is 1. The molecule has 1 aromatic heterocycles. The quantitative estimate of drug-likeness (QED) is 0.477. The molecule has 0 radical (unpaired) electrons. The van der Waals surface area contributed by atoms with Crippen molar-refractivity contribution in [3.8, 4) is 17.6 Å². The Morgan fingerprint density at radius 3 is 2.57 bits per heavy atom. The van der Waals surface area contributed by atoms with Gasteiger partial charge in [-0.25, -0.2) is 14.4 Å². The highest BCUT2D eigenvalue weighted by Gasteiger charge is 2.14. The van der Waals surface area contributed by atoms with Crippen molar-refractivity contribution in [3.63, 3.8) is 0 Å². The van der Waals surface area contributed by atoms with E-state index in [9.17, 15) is 9.65 Å². The van der Waals surface area contributed by atoms with Crippen LogP contribution < -0.4 is 15.2 Å². The van der Waals surface area contributed by atoms with Crippen molar-refractivity contribution in [2.24, 2.45) is 0 Å². The summed E-state index contributed by atoms with van der Waals surface area (Å²) >= 11 is 1.31. The van der Waals surface area contributed by atoms with Crippen molar-refractivity contribution in [1.82, 2.24) is 9.97 Å². The summed E-state index contributed by atoms with van der Waals surface area (Å²) in [6.45, 7) is 0.0649. The third kappa shape index (κ3) is 4.90. The number of anilines is 1. The number of hydrogen-bond acceptors (Lipinski definition) is 7. The molecule has 0 aliphatic rings. The average Bonchev–Trinajstić information content (AvgIpc) is 2.71. The number of nitrogen functional groups attached to an aromatic ring is 1. The number of ether oxygens (including phenoxy) is 2. The summed E-state index contributed by atoms with van der Waals surface area (Å²) < 4.78 is 24.1. The molecule has 1 heterocycles. The smallest absolute Gasteiger partial charge is 0.190 e. The second-order valence-electron chi connectivity index (χ2n) is 5.71. The Hall–Kier alpha value is -3.31. The first-order chi connectivity index (χ1) is 13.6. The molecule has 0 unspecified atom stereocenters. The number of nitriles is 1. The highest BCUT2D eigenvalue weighted by Crippen LogP contribution is 2.24. The van der Waals surface area contributed by atoms with Crippen LogP contribution in [0.15, 0.2) is 53.7 Å². The molecule has 0 saturated heterocycles. The number of aromatic nitrogens is 2. The van der Waals surface area contributed by atoms with E-state index in [0.717, 1.165) is 5.56 Å². The van der Waals surface area contributed by atoms with Gasteiger partial charge in [0.25, 0.3) is 0 Å². The third-order valence-corrected chi connectivity index (χ3v) is 4.71. The molecule has 0 amide bonds. The Balaban J connectivity index is 1.74. The van der Waals surface area contributed by atoms with Gasteiger partial charge < -0.3 is 15.2 Å². The van der Waals surface area contributed by atoms with Crippen LogP contribution in [-0.4, -0.2) is 17.1 Å². The lowest BCUT2D eigenvalue weighted by molar-refractivity contribution is 0.299. The largest absolute Gasteiger partial charge is 0.497 e. The molecular formula is C20H17FN4O2S. The zero-order valence-corrected chi connectivity index (χ0v) is 15.9. The maximum absolute atomic E-state index is 13.3. The Kier molecular flexibility index (Phi) is 6.29. The predicted octanol–water partition coefficient (Wildman–Crippen LogP) is 3.95. The molecule has 8 heteroatoms. The van der Waals surface area contributed by atoms with Gasteiger partial charge in [0.1, 0.15) is 47.1 Å². The highest BCUT2D eigenvalue weighted by molar-refractivity contribution is 7.98. The average molecular weight is 396 g/mol. The Bertz CT molecular complexity index is 1010. The van der Waals surface area contributed by atoms with E-state index in [1.165, 1.54) is 23.9 Å². The van der Waals surface area contributed by atoms with E-state index in [-0.39, 0.29) is 23.8 Å². The van der Waals surface area contributed by atoms with Gasteiger partial charge in [0, 0.05) is 5.75 Å². The summed E-state index contributed by atoms with van der Waals surface area (Å²) in [5, 5.41) is 9.76. The van der Waals surface area contributed by atoms with Crippen LogP contribution in [0.1, 0.15) is 16.8 Å². The van der Waals surface area contributed by atoms with Crippen molar-refractivity contribution in [2.45, 2.75) is 17.5 Å². The summed E-state index contributed by atoms with van der Waals surface area (Å²) in [7, 11) is 1.59. The highest BCUT2D eigenvalue weighted by atomic mass is 32.2. The van der Waals surface area contributed by atoms with Gasteiger partial charge in [-0.15, -0.1) is 0 Å². The van der Waals surface area contributed by atoms with Gasteiger partial charge in [-0.1, -0.05) is 23.9 Å². The van der Waals surface area contributed by atoms with Crippen molar-refractivity contribution in [1.29, 1.82) is 5.26 Å². The molecule has 0 fully saturated rings. The van der Waals surface area contributed by atoms with Gasteiger partial charge in [-0.3, -0.25) is 0 Å². The van der Waals surface area contributed by atoms with Gasteiger partial charge in [0.05, 0.1) is 7.11 Å². The number of thioether (sulfide) groups is 1. The van der Waals surface area contributed by atoms with Gasteiger partial charge in [-0.05, 0) is 42.0 Å². The van der Waals surface area contributed by atoms with Crippen molar-refractivity contribution in [2.75, 3.05) is 12.8 Å². The number of hydrogen-bond donors (Lipinski definition) is 1. The molecule has 6 nitrogen and oxygen atoms in total. The molecule has 28 heavy (non-hydrogen) atoms. The Labute approximate surface area is 166 Å². The van der Waals surface area contributed by atoms with Crippen LogP contribution in [0.3, 0.4) is 0 Å². The molecule has 0 saturated carbocycles. The minimum Gasteiger partial charge on any atom is -0.497 e. The first kappa shape index (κ1) is 19.5. The number of benzene rings is 2. The molecule has 3 rings (SSSR count). The topological polar surface area (TPSA) is 94.1 Å². The lowest BCUT2D eigenvalue weighted by Gasteiger charge is -2.10. The number of nitrogens with zero attached hydrogens (tertiary/aromatic N) is 3. The minimum atomic E-state index is -0.299. The maximum atomic E-state index is 13.3. The van der Waals surface area contributed by atoms with Crippen LogP contribution >= 0.6 is 11.8 Å². The van der Waals surface area contributed by atoms with Crippen molar-refractivity contribution in [3.05, 3.63) is 71.2 Å². The molecule has 142 valence electrons. The zero-order valence-electron chi connectivity index (χ0n) is 15.1. The van der Waals surface area contributed by atoms with E-state index >= 15 is 0 Å². The summed E-state index contributed by atoms with van der Waals surface area (Å²) in [5.74, 6) is 1.59. The number of halogens is 1. The van der Waals surface area contributed by atoms with E-state index < -0.39 is 0 Å². The molecular weight excluding hydrogens is 379 g/mol. The van der Waals surface area contributed by atoms with Crippen LogP contribution in [0.25, 0.3) is 0 Å². The maximum Gasteiger partial charge on any atom is 0.190 e. The third-order valence-electron chi connectivity index (χ3n) is 3.80. The van der Waals surface area contributed by atoms with Gasteiger partial charge in [-0.2, -0.15) is 5.26 Å². The van der Waals surface area contributed by atoms with Crippen LogP contribution in [0.2, 0.25) is 0 Å². The monoisotopic (exact) mass is 396 g/mol. The first-order valence-corrected chi connectivity index (χ1v) is 9.28. The fraction of sp³-hybridized carbons (Fsp3) is 0.150. The lowest BCUT2D eigenvalue weighted by atomic mass is 10.2. The SMILES string of the molecule is COc1ccc(OCc2nc(SCc3cccc(F)c3)nc(N)c2C#N)cc1. The van der Waals surface area contributed by atoms with Crippen LogP contribution in [0, 0.1) is 17.1 Å². The Morgan fingerprint density at radius 1 is 1.14 bits per heavy atom. The standard InChI is InChI=1S/C20H17FN4O2S/c1-26-15-5-7-16(8-6-15)27-11-18-17(10-22)19(23)25-20(24-18)28-12-13-3-2-4-14(21)9-13/h2-9H,11-12H2,1H3,(H2,23,24,25). The molecule has 3 aromatic rings. The molecule has 0 aliphatic heterocycles. The molecule has 0 atom stereocenters. The predicted molar refractivity (Wildman–Crippen MR) is 104 cm³/mol. The molecule has 2 aromatic carbocycles. The van der Waals surface area contributed by atoms with Crippen molar-refractivity contribution >= 4 is 17.6 Å². The molecule has 0 bridgehead atoms. The second-order valence-corrected chi connectivity index (χ2v) is 6.65. The Morgan fingerprint density at radius 2 is 1.89 bits per heavy atom. The summed E-state index contributed by atoms with van der Waals surface area (Å²) in [6.07, 6.45) is 0.